The molecular formula is C14H10BrNO4. The maximum atomic E-state index is 11.8. The number of hydrogen-bond acceptors (Lipinski definition) is 4. The van der Waals surface area contributed by atoms with Crippen molar-refractivity contribution < 1.29 is 19.1 Å². The van der Waals surface area contributed by atoms with Crippen LogP contribution >= 0.6 is 15.9 Å². The normalized spacial score (nSPS) is 10.1. The Kier molecular flexibility index (Phi) is 4.47. The summed E-state index contributed by atoms with van der Waals surface area (Å²) < 4.78 is 5.99. The van der Waals surface area contributed by atoms with Gasteiger partial charge in [-0.15, -0.1) is 0 Å². The zero-order chi connectivity index (χ0) is 14.5. The molecule has 0 unspecified atom stereocenters. The number of pyridine rings is 1. The fourth-order valence-corrected chi connectivity index (χ4v) is 1.94. The highest BCUT2D eigenvalue weighted by molar-refractivity contribution is 9.10. The van der Waals surface area contributed by atoms with Crippen LogP contribution in [-0.4, -0.2) is 18.4 Å². The lowest BCUT2D eigenvalue weighted by Crippen LogP contribution is -2.35. The highest BCUT2D eigenvalue weighted by atomic mass is 79.9. The molecule has 1 aromatic heterocycles. The summed E-state index contributed by atoms with van der Waals surface area (Å²) in [5.74, 6) is -1.17. The number of nitrogens with zero attached hydrogens (tertiary/aromatic N) is 1. The number of Topliss-reactive ketones (excluding diaryl/α,β-unsaturated/α-hetero) is 1. The number of halogens is 1. The average molecular weight is 336 g/mol. The van der Waals surface area contributed by atoms with Crippen LogP contribution < -0.4 is 4.73 Å². The molecule has 6 heteroatoms. The van der Waals surface area contributed by atoms with Crippen LogP contribution in [0, 0.1) is 5.21 Å². The van der Waals surface area contributed by atoms with Gasteiger partial charge in [-0.3, -0.25) is 4.79 Å². The molecular weight excluding hydrogens is 326 g/mol. The molecule has 0 saturated heterocycles. The first-order valence-electron chi connectivity index (χ1n) is 5.72. The summed E-state index contributed by atoms with van der Waals surface area (Å²) in [4.78, 5) is 23.5. The topological polar surface area (TPSA) is 70.3 Å². The van der Waals surface area contributed by atoms with Gasteiger partial charge in [-0.05, 0) is 18.2 Å². The number of carbonyl (C=O) groups excluding carboxylic acids is 2. The number of ether oxygens (including phenoxy) is 1. The largest absolute Gasteiger partial charge is 0.618 e. The van der Waals surface area contributed by atoms with E-state index in [4.69, 9.17) is 4.74 Å². The van der Waals surface area contributed by atoms with E-state index < -0.39 is 12.6 Å². The predicted molar refractivity (Wildman–Crippen MR) is 74.2 cm³/mol. The monoisotopic (exact) mass is 335 g/mol. The molecule has 0 aliphatic carbocycles. The quantitative estimate of drug-likeness (QED) is 0.371. The molecule has 0 bridgehead atoms. The van der Waals surface area contributed by atoms with Crippen molar-refractivity contribution in [3.8, 4) is 0 Å². The van der Waals surface area contributed by atoms with Crippen LogP contribution in [0.1, 0.15) is 20.8 Å². The molecule has 0 amide bonds. The summed E-state index contributed by atoms with van der Waals surface area (Å²) in [6, 6.07) is 11.1. The summed E-state index contributed by atoms with van der Waals surface area (Å²) in [5.41, 5.74) is 0.268. The summed E-state index contributed by atoms with van der Waals surface area (Å²) in [7, 11) is 0. The molecule has 5 nitrogen and oxygen atoms in total. The first-order valence-corrected chi connectivity index (χ1v) is 6.51. The van der Waals surface area contributed by atoms with Crippen LogP contribution in [0.4, 0.5) is 0 Å². The molecule has 20 heavy (non-hydrogen) atoms. The van der Waals surface area contributed by atoms with Gasteiger partial charge in [-0.25, -0.2) is 4.79 Å². The minimum atomic E-state index is -0.830. The summed E-state index contributed by atoms with van der Waals surface area (Å²) >= 11 is 3.25. The van der Waals surface area contributed by atoms with Gasteiger partial charge in [0.25, 0.3) is 0 Å². The van der Waals surface area contributed by atoms with Gasteiger partial charge in [0.1, 0.15) is 0 Å². The summed E-state index contributed by atoms with van der Waals surface area (Å²) in [6.07, 6.45) is 1.19. The van der Waals surface area contributed by atoms with E-state index in [1.807, 2.05) is 0 Å². The van der Waals surface area contributed by atoms with E-state index in [0.29, 0.717) is 10.3 Å². The Labute approximate surface area is 123 Å². The van der Waals surface area contributed by atoms with Crippen molar-refractivity contribution in [1.29, 1.82) is 0 Å². The minimum Gasteiger partial charge on any atom is -0.618 e. The van der Waals surface area contributed by atoms with E-state index in [0.717, 1.165) is 4.47 Å². The van der Waals surface area contributed by atoms with E-state index >= 15 is 0 Å². The molecule has 1 heterocycles. The van der Waals surface area contributed by atoms with Crippen LogP contribution in [0.3, 0.4) is 0 Å². The third kappa shape index (κ3) is 3.42. The molecule has 0 saturated carbocycles. The lowest BCUT2D eigenvalue weighted by molar-refractivity contribution is -0.608. The van der Waals surface area contributed by atoms with Crippen molar-refractivity contribution in [2.45, 2.75) is 0 Å². The Balaban J connectivity index is 2.01. The van der Waals surface area contributed by atoms with Crippen LogP contribution in [-0.2, 0) is 4.74 Å². The highest BCUT2D eigenvalue weighted by Crippen LogP contribution is 2.12. The van der Waals surface area contributed by atoms with E-state index in [9.17, 15) is 14.8 Å². The average Bonchev–Trinajstić information content (AvgIpc) is 2.45. The van der Waals surface area contributed by atoms with E-state index in [1.165, 1.54) is 18.3 Å². The second-order valence-electron chi connectivity index (χ2n) is 3.92. The fourth-order valence-electron chi connectivity index (χ4n) is 1.54. The SMILES string of the molecule is O=C(COC(=O)c1cccc[n+]1[O-])c1cccc(Br)c1. The zero-order valence-corrected chi connectivity index (χ0v) is 11.9. The van der Waals surface area contributed by atoms with Gasteiger partial charge in [-0.2, -0.15) is 4.73 Å². The number of esters is 1. The molecule has 0 aliphatic rings. The lowest BCUT2D eigenvalue weighted by atomic mass is 10.1. The summed E-state index contributed by atoms with van der Waals surface area (Å²) in [5, 5.41) is 11.3. The molecule has 2 rings (SSSR count). The Morgan fingerprint density at radius 1 is 1.20 bits per heavy atom. The second kappa shape index (κ2) is 6.29. The fraction of sp³-hybridized carbons (Fsp3) is 0.0714. The highest BCUT2D eigenvalue weighted by Gasteiger charge is 2.18. The van der Waals surface area contributed by atoms with Crippen molar-refractivity contribution in [2.24, 2.45) is 0 Å². The second-order valence-corrected chi connectivity index (χ2v) is 4.84. The third-order valence-corrected chi connectivity index (χ3v) is 3.01. The van der Waals surface area contributed by atoms with E-state index in [-0.39, 0.29) is 11.5 Å². The van der Waals surface area contributed by atoms with Gasteiger partial charge in [0.05, 0.1) is 0 Å². The standard InChI is InChI=1S/C14H10BrNO4/c15-11-5-3-4-10(8-11)13(17)9-20-14(18)12-6-1-2-7-16(12)19/h1-8H,9H2. The third-order valence-electron chi connectivity index (χ3n) is 2.51. The van der Waals surface area contributed by atoms with Crippen molar-refractivity contribution in [2.75, 3.05) is 6.61 Å². The number of benzene rings is 1. The minimum absolute atomic E-state index is 0.158. The van der Waals surface area contributed by atoms with Crippen LogP contribution in [0.2, 0.25) is 0 Å². The van der Waals surface area contributed by atoms with Crippen molar-refractivity contribution in [3.63, 3.8) is 0 Å². The first-order chi connectivity index (χ1) is 9.58. The van der Waals surface area contributed by atoms with Crippen LogP contribution in [0.25, 0.3) is 0 Å². The van der Waals surface area contributed by atoms with Gasteiger partial charge >= 0.3 is 11.7 Å². The maximum absolute atomic E-state index is 11.8. The lowest BCUT2D eigenvalue weighted by Gasteiger charge is -2.05. The molecule has 1 aromatic carbocycles. The van der Waals surface area contributed by atoms with Gasteiger partial charge < -0.3 is 9.94 Å². The number of rotatable bonds is 4. The van der Waals surface area contributed by atoms with Crippen LogP contribution in [0.5, 0.6) is 0 Å². The molecule has 2 aromatic rings. The van der Waals surface area contributed by atoms with Crippen molar-refractivity contribution in [3.05, 3.63) is 69.6 Å². The number of aromatic nitrogens is 1. The van der Waals surface area contributed by atoms with Gasteiger partial charge in [-0.1, -0.05) is 28.1 Å². The first kappa shape index (κ1) is 14.2. The van der Waals surface area contributed by atoms with Crippen molar-refractivity contribution in [1.82, 2.24) is 0 Å². The Hall–Kier alpha value is -2.21. The van der Waals surface area contributed by atoms with Gasteiger partial charge in [0.15, 0.2) is 18.6 Å². The van der Waals surface area contributed by atoms with Crippen LogP contribution in [0.15, 0.2) is 53.1 Å². The maximum Gasteiger partial charge on any atom is 0.405 e. The zero-order valence-electron chi connectivity index (χ0n) is 10.3. The summed E-state index contributed by atoms with van der Waals surface area (Å²) in [6.45, 7) is -0.413. The molecule has 0 radical (unpaired) electrons. The molecule has 102 valence electrons. The molecule has 0 atom stereocenters. The molecule has 0 fully saturated rings. The molecule has 0 spiro atoms. The molecule has 0 aliphatic heterocycles. The van der Waals surface area contributed by atoms with E-state index in [2.05, 4.69) is 15.9 Å². The number of carbonyl (C=O) groups is 2. The Morgan fingerprint density at radius 3 is 2.70 bits per heavy atom. The van der Waals surface area contributed by atoms with Gasteiger partial charge in [0.2, 0.25) is 0 Å². The van der Waals surface area contributed by atoms with Crippen molar-refractivity contribution >= 4 is 27.7 Å². The predicted octanol–water partition coefficient (Wildman–Crippen LogP) is 2.12. The van der Waals surface area contributed by atoms with Gasteiger partial charge in [0, 0.05) is 22.2 Å². The number of hydrogen-bond donors (Lipinski definition) is 0. The smallest absolute Gasteiger partial charge is 0.405 e. The Bertz CT molecular complexity index is 657. The number of ketones is 1. The Morgan fingerprint density at radius 2 is 2.00 bits per heavy atom. The van der Waals surface area contributed by atoms with E-state index in [1.54, 1.807) is 30.3 Å². The molecule has 0 N–H and O–H groups in total.